The van der Waals surface area contributed by atoms with Crippen LogP contribution < -0.4 is 0 Å². The van der Waals surface area contributed by atoms with E-state index in [1.54, 1.807) is 0 Å². The molecule has 16 heavy (non-hydrogen) atoms. The number of hydrogen-bond acceptors (Lipinski definition) is 4. The molecule has 1 unspecified atom stereocenters. The highest BCUT2D eigenvalue weighted by Crippen LogP contribution is 2.15. The van der Waals surface area contributed by atoms with Crippen LogP contribution in [-0.4, -0.2) is 25.6 Å². The van der Waals surface area contributed by atoms with Crippen molar-refractivity contribution in [2.45, 2.75) is 26.3 Å². The molecule has 1 heterocycles. The molecular formula is C8H12BrClN4O2. The van der Waals surface area contributed by atoms with Crippen molar-refractivity contribution in [1.82, 2.24) is 14.8 Å². The molecule has 1 rings (SSSR count). The van der Waals surface area contributed by atoms with E-state index in [9.17, 15) is 10.1 Å². The molecule has 0 aliphatic carbocycles. The molecule has 6 nitrogen and oxygen atoms in total. The van der Waals surface area contributed by atoms with E-state index in [4.69, 9.17) is 11.6 Å². The predicted octanol–water partition coefficient (Wildman–Crippen LogP) is 2.60. The van der Waals surface area contributed by atoms with Crippen molar-refractivity contribution in [1.29, 1.82) is 0 Å². The molecule has 1 aromatic rings. The maximum Gasteiger partial charge on any atom is 0.492 e. The Hall–Kier alpha value is -0.690. The van der Waals surface area contributed by atoms with Crippen LogP contribution in [0.2, 0.25) is 0 Å². The molecule has 0 aromatic carbocycles. The zero-order valence-corrected chi connectivity index (χ0v) is 11.1. The van der Waals surface area contributed by atoms with E-state index in [0.29, 0.717) is 23.1 Å². The molecule has 90 valence electrons. The summed E-state index contributed by atoms with van der Waals surface area (Å²) in [5.74, 6) is 0.712. The van der Waals surface area contributed by atoms with Crippen LogP contribution in [0.5, 0.6) is 0 Å². The summed E-state index contributed by atoms with van der Waals surface area (Å²) in [7, 11) is 0. The molecule has 0 N–H and O–H groups in total. The van der Waals surface area contributed by atoms with Gasteiger partial charge in [-0.05, 0) is 28.7 Å². The van der Waals surface area contributed by atoms with Crippen molar-refractivity contribution in [3.63, 3.8) is 0 Å². The molecule has 0 bridgehead atoms. The number of nitrogens with zero attached hydrogens (tertiary/aromatic N) is 4. The van der Waals surface area contributed by atoms with Crippen molar-refractivity contribution in [3.05, 3.63) is 14.8 Å². The van der Waals surface area contributed by atoms with Gasteiger partial charge in [-0.2, -0.15) is 4.68 Å². The Bertz CT molecular complexity index is 371. The van der Waals surface area contributed by atoms with Crippen molar-refractivity contribution in [2.24, 2.45) is 5.92 Å². The van der Waals surface area contributed by atoms with Gasteiger partial charge < -0.3 is 10.1 Å². The number of nitro groups is 1. The highest BCUT2D eigenvalue weighted by atomic mass is 79.9. The number of aryl methyl sites for hydroxylation is 1. The smallest absolute Gasteiger partial charge is 0.390 e. The van der Waals surface area contributed by atoms with Gasteiger partial charge in [0.05, 0.1) is 6.54 Å². The van der Waals surface area contributed by atoms with Crippen LogP contribution in [-0.2, 0) is 6.54 Å². The summed E-state index contributed by atoms with van der Waals surface area (Å²) in [5, 5.41) is 14.2. The molecule has 0 radical (unpaired) electrons. The van der Waals surface area contributed by atoms with Gasteiger partial charge in [0.25, 0.3) is 4.73 Å². The summed E-state index contributed by atoms with van der Waals surface area (Å²) in [6, 6.07) is 0. The first kappa shape index (κ1) is 13.4. The molecular weight excluding hydrogens is 299 g/mol. The van der Waals surface area contributed by atoms with Crippen molar-refractivity contribution < 1.29 is 4.92 Å². The zero-order chi connectivity index (χ0) is 12.1. The van der Waals surface area contributed by atoms with Crippen LogP contribution in [0, 0.1) is 16.0 Å². The first-order valence-electron chi connectivity index (χ1n) is 4.85. The standard InChI is InChI=1S/C8H12BrClN4O2/c1-6(2-4-10)3-5-13-7(9)11-8(12-13)14(15)16/h6H,2-5H2,1H3. The summed E-state index contributed by atoms with van der Waals surface area (Å²) in [4.78, 5) is 13.5. The molecule has 0 fully saturated rings. The Morgan fingerprint density at radius 2 is 2.31 bits per heavy atom. The molecule has 8 heteroatoms. The van der Waals surface area contributed by atoms with E-state index >= 15 is 0 Å². The lowest BCUT2D eigenvalue weighted by Crippen LogP contribution is -2.06. The van der Waals surface area contributed by atoms with Crippen LogP contribution in [0.15, 0.2) is 4.73 Å². The lowest BCUT2D eigenvalue weighted by Gasteiger charge is -2.07. The van der Waals surface area contributed by atoms with Gasteiger partial charge in [0.1, 0.15) is 0 Å². The number of alkyl halides is 1. The summed E-state index contributed by atoms with van der Waals surface area (Å²) in [5.41, 5.74) is 0. The van der Waals surface area contributed by atoms with Gasteiger partial charge >= 0.3 is 5.95 Å². The quantitative estimate of drug-likeness (QED) is 0.460. The van der Waals surface area contributed by atoms with Gasteiger partial charge in [-0.15, -0.1) is 11.6 Å². The summed E-state index contributed by atoms with van der Waals surface area (Å²) in [6.07, 6.45) is 1.79. The van der Waals surface area contributed by atoms with Crippen LogP contribution in [0.3, 0.4) is 0 Å². The van der Waals surface area contributed by atoms with Crippen LogP contribution in [0.1, 0.15) is 19.8 Å². The fourth-order valence-corrected chi connectivity index (χ4v) is 1.99. The lowest BCUT2D eigenvalue weighted by atomic mass is 10.1. The second-order valence-corrected chi connectivity index (χ2v) is 4.62. The summed E-state index contributed by atoms with van der Waals surface area (Å²) < 4.78 is 1.88. The maximum atomic E-state index is 10.4. The molecule has 0 saturated carbocycles. The normalized spacial score (nSPS) is 12.7. The van der Waals surface area contributed by atoms with E-state index < -0.39 is 4.92 Å². The third-order valence-electron chi connectivity index (χ3n) is 2.21. The van der Waals surface area contributed by atoms with Crippen molar-refractivity contribution >= 4 is 33.5 Å². The number of halogens is 2. The number of aromatic nitrogens is 3. The Labute approximate surface area is 106 Å². The van der Waals surface area contributed by atoms with Crippen molar-refractivity contribution in [3.8, 4) is 0 Å². The van der Waals surface area contributed by atoms with E-state index in [0.717, 1.165) is 12.8 Å². The van der Waals surface area contributed by atoms with Crippen LogP contribution in [0.4, 0.5) is 5.95 Å². The third-order valence-corrected chi connectivity index (χ3v) is 3.02. The maximum absolute atomic E-state index is 10.4. The second kappa shape index (κ2) is 6.15. The first-order valence-corrected chi connectivity index (χ1v) is 6.18. The van der Waals surface area contributed by atoms with E-state index in [1.807, 2.05) is 0 Å². The molecule has 0 aliphatic heterocycles. The largest absolute Gasteiger partial charge is 0.492 e. The Kier molecular flexibility index (Phi) is 5.14. The Morgan fingerprint density at radius 3 is 2.81 bits per heavy atom. The Balaban J connectivity index is 2.57. The van der Waals surface area contributed by atoms with Gasteiger partial charge in [0.15, 0.2) is 0 Å². The highest BCUT2D eigenvalue weighted by molar-refractivity contribution is 9.10. The SMILES string of the molecule is CC(CCCl)CCn1nc([N+](=O)[O-])nc1Br. The minimum atomic E-state index is -0.608. The first-order chi connectivity index (χ1) is 7.54. The molecule has 0 saturated heterocycles. The topological polar surface area (TPSA) is 73.8 Å². The number of rotatable bonds is 6. The third kappa shape index (κ3) is 3.71. The van der Waals surface area contributed by atoms with Crippen LogP contribution >= 0.6 is 27.5 Å². The van der Waals surface area contributed by atoms with E-state index in [1.165, 1.54) is 4.68 Å². The number of hydrogen-bond donors (Lipinski definition) is 0. The molecule has 0 aliphatic rings. The Morgan fingerprint density at radius 1 is 1.62 bits per heavy atom. The predicted molar refractivity (Wildman–Crippen MR) is 63.5 cm³/mol. The van der Waals surface area contributed by atoms with Gasteiger partial charge in [0.2, 0.25) is 0 Å². The zero-order valence-electron chi connectivity index (χ0n) is 8.77. The lowest BCUT2D eigenvalue weighted by molar-refractivity contribution is -0.394. The fourth-order valence-electron chi connectivity index (χ4n) is 1.20. The molecule has 0 spiro atoms. The highest BCUT2D eigenvalue weighted by Gasteiger charge is 2.19. The molecule has 1 atom stereocenters. The molecule has 1 aromatic heterocycles. The van der Waals surface area contributed by atoms with E-state index in [-0.39, 0.29) is 5.95 Å². The second-order valence-electron chi connectivity index (χ2n) is 3.53. The van der Waals surface area contributed by atoms with Gasteiger partial charge in [-0.3, -0.25) is 0 Å². The van der Waals surface area contributed by atoms with Crippen LogP contribution in [0.25, 0.3) is 0 Å². The monoisotopic (exact) mass is 310 g/mol. The van der Waals surface area contributed by atoms with Gasteiger partial charge in [0, 0.05) is 26.9 Å². The summed E-state index contributed by atoms with van der Waals surface area (Å²) in [6.45, 7) is 2.68. The van der Waals surface area contributed by atoms with Gasteiger partial charge in [-0.25, -0.2) is 0 Å². The summed E-state index contributed by atoms with van der Waals surface area (Å²) >= 11 is 8.76. The van der Waals surface area contributed by atoms with Crippen molar-refractivity contribution in [2.75, 3.05) is 5.88 Å². The van der Waals surface area contributed by atoms with Gasteiger partial charge in [-0.1, -0.05) is 6.92 Å². The molecule has 0 amide bonds. The fraction of sp³-hybridized carbons (Fsp3) is 0.750. The average molecular weight is 312 g/mol. The average Bonchev–Trinajstić information content (AvgIpc) is 2.58. The van der Waals surface area contributed by atoms with E-state index in [2.05, 4.69) is 32.9 Å². The minimum absolute atomic E-state index is 0.378. The minimum Gasteiger partial charge on any atom is -0.390 e.